The van der Waals surface area contributed by atoms with Gasteiger partial charge < -0.3 is 10.3 Å². The van der Waals surface area contributed by atoms with E-state index in [9.17, 15) is 4.79 Å². The van der Waals surface area contributed by atoms with Crippen LogP contribution in [0.3, 0.4) is 0 Å². The van der Waals surface area contributed by atoms with Crippen LogP contribution in [0.5, 0.6) is 0 Å². The van der Waals surface area contributed by atoms with Crippen molar-refractivity contribution in [2.45, 2.75) is 6.42 Å². The zero-order valence-electron chi connectivity index (χ0n) is 8.99. The maximum atomic E-state index is 11.7. The summed E-state index contributed by atoms with van der Waals surface area (Å²) < 4.78 is 0. The van der Waals surface area contributed by atoms with E-state index in [-0.39, 0.29) is 5.56 Å². The molecule has 0 saturated carbocycles. The number of H-pyrrole nitrogens is 1. The SMILES string of the molecule is C=CCCNc1cc2ccccc2c(=O)[nH]1. The van der Waals surface area contributed by atoms with E-state index in [4.69, 9.17) is 0 Å². The minimum atomic E-state index is -0.0563. The average Bonchev–Trinajstić information content (AvgIpc) is 2.30. The number of fused-ring (bicyclic) bond motifs is 1. The summed E-state index contributed by atoms with van der Waals surface area (Å²) in [6.45, 7) is 4.42. The second-order valence-corrected chi connectivity index (χ2v) is 3.60. The molecule has 1 aromatic heterocycles. The van der Waals surface area contributed by atoms with Crippen molar-refractivity contribution >= 4 is 16.6 Å². The summed E-state index contributed by atoms with van der Waals surface area (Å²) in [6.07, 6.45) is 2.71. The largest absolute Gasteiger partial charge is 0.371 e. The third kappa shape index (κ3) is 2.14. The summed E-state index contributed by atoms with van der Waals surface area (Å²) in [5, 5.41) is 4.82. The third-order valence-electron chi connectivity index (χ3n) is 2.42. The zero-order chi connectivity index (χ0) is 11.4. The number of hydrogen-bond donors (Lipinski definition) is 2. The predicted molar refractivity (Wildman–Crippen MR) is 67.9 cm³/mol. The first-order valence-electron chi connectivity index (χ1n) is 5.28. The molecular formula is C13H14N2O. The Bertz CT molecular complexity index is 557. The van der Waals surface area contributed by atoms with Crippen molar-refractivity contribution in [2.24, 2.45) is 0 Å². The fourth-order valence-electron chi connectivity index (χ4n) is 1.62. The minimum absolute atomic E-state index is 0.0563. The number of hydrogen-bond acceptors (Lipinski definition) is 2. The summed E-state index contributed by atoms with van der Waals surface area (Å²) >= 11 is 0. The molecule has 2 aromatic rings. The molecule has 16 heavy (non-hydrogen) atoms. The second-order valence-electron chi connectivity index (χ2n) is 3.60. The van der Waals surface area contributed by atoms with Crippen LogP contribution in [0.4, 0.5) is 5.82 Å². The van der Waals surface area contributed by atoms with Gasteiger partial charge in [-0.05, 0) is 23.9 Å². The molecule has 0 aliphatic rings. The highest BCUT2D eigenvalue weighted by Crippen LogP contribution is 2.12. The Balaban J connectivity index is 2.34. The van der Waals surface area contributed by atoms with Crippen LogP contribution in [0.15, 0.2) is 47.8 Å². The van der Waals surface area contributed by atoms with E-state index in [0.29, 0.717) is 0 Å². The summed E-state index contributed by atoms with van der Waals surface area (Å²) in [4.78, 5) is 14.5. The smallest absolute Gasteiger partial charge is 0.257 e. The number of nitrogens with one attached hydrogen (secondary N) is 2. The molecule has 0 atom stereocenters. The van der Waals surface area contributed by atoms with Crippen molar-refractivity contribution in [1.29, 1.82) is 0 Å². The first-order valence-corrected chi connectivity index (χ1v) is 5.28. The van der Waals surface area contributed by atoms with Crippen LogP contribution in [-0.2, 0) is 0 Å². The molecule has 1 aromatic carbocycles. The lowest BCUT2D eigenvalue weighted by atomic mass is 10.2. The highest BCUT2D eigenvalue weighted by Gasteiger charge is 1.99. The molecule has 3 heteroatoms. The van der Waals surface area contributed by atoms with Gasteiger partial charge >= 0.3 is 0 Å². The molecule has 0 saturated heterocycles. The Kier molecular flexibility index (Phi) is 3.05. The van der Waals surface area contributed by atoms with E-state index in [2.05, 4.69) is 16.9 Å². The molecule has 1 heterocycles. The van der Waals surface area contributed by atoms with Gasteiger partial charge in [0.25, 0.3) is 5.56 Å². The van der Waals surface area contributed by atoms with E-state index < -0.39 is 0 Å². The quantitative estimate of drug-likeness (QED) is 0.606. The van der Waals surface area contributed by atoms with Gasteiger partial charge in [0.05, 0.1) is 0 Å². The fraction of sp³-hybridized carbons (Fsp3) is 0.154. The van der Waals surface area contributed by atoms with Gasteiger partial charge in [-0.2, -0.15) is 0 Å². The van der Waals surface area contributed by atoms with Crippen molar-refractivity contribution in [2.75, 3.05) is 11.9 Å². The maximum absolute atomic E-state index is 11.7. The van der Waals surface area contributed by atoms with Gasteiger partial charge in [0.2, 0.25) is 0 Å². The summed E-state index contributed by atoms with van der Waals surface area (Å²) in [5.41, 5.74) is -0.0563. The minimum Gasteiger partial charge on any atom is -0.371 e. The van der Waals surface area contributed by atoms with Gasteiger partial charge in [0.15, 0.2) is 0 Å². The Morgan fingerprint density at radius 2 is 2.19 bits per heavy atom. The van der Waals surface area contributed by atoms with Crippen LogP contribution in [0.25, 0.3) is 10.8 Å². The van der Waals surface area contributed by atoms with Gasteiger partial charge in [0.1, 0.15) is 5.82 Å². The Morgan fingerprint density at radius 3 is 3.00 bits per heavy atom. The van der Waals surface area contributed by atoms with Crippen LogP contribution in [0, 0.1) is 0 Å². The first kappa shape index (κ1) is 10.5. The molecule has 0 fully saturated rings. The van der Waals surface area contributed by atoms with Crippen LogP contribution in [0.2, 0.25) is 0 Å². The summed E-state index contributed by atoms with van der Waals surface area (Å²) in [7, 11) is 0. The Hall–Kier alpha value is -2.03. The lowest BCUT2D eigenvalue weighted by molar-refractivity contribution is 1.05. The van der Waals surface area contributed by atoms with Crippen molar-refractivity contribution in [1.82, 2.24) is 4.98 Å². The molecule has 3 nitrogen and oxygen atoms in total. The van der Waals surface area contributed by atoms with Crippen molar-refractivity contribution < 1.29 is 0 Å². The van der Waals surface area contributed by atoms with Crippen molar-refractivity contribution in [3.05, 3.63) is 53.3 Å². The Labute approximate surface area is 93.8 Å². The molecule has 0 unspecified atom stereocenters. The first-order chi connectivity index (χ1) is 7.81. The number of anilines is 1. The van der Waals surface area contributed by atoms with E-state index in [0.717, 1.165) is 29.6 Å². The highest BCUT2D eigenvalue weighted by molar-refractivity contribution is 5.83. The number of aromatic nitrogens is 1. The van der Waals surface area contributed by atoms with Gasteiger partial charge in [-0.1, -0.05) is 24.3 Å². The summed E-state index contributed by atoms with van der Waals surface area (Å²) in [6, 6.07) is 9.49. The maximum Gasteiger partial charge on any atom is 0.257 e. The molecule has 0 aliphatic heterocycles. The van der Waals surface area contributed by atoms with Crippen molar-refractivity contribution in [3.8, 4) is 0 Å². The lowest BCUT2D eigenvalue weighted by Crippen LogP contribution is -2.11. The number of benzene rings is 1. The molecule has 0 aliphatic carbocycles. The zero-order valence-corrected chi connectivity index (χ0v) is 8.99. The average molecular weight is 214 g/mol. The molecule has 0 spiro atoms. The topological polar surface area (TPSA) is 44.9 Å². The number of aromatic amines is 1. The van der Waals surface area contributed by atoms with E-state index >= 15 is 0 Å². The molecule has 82 valence electrons. The predicted octanol–water partition coefficient (Wildman–Crippen LogP) is 2.52. The van der Waals surface area contributed by atoms with Crippen LogP contribution in [0.1, 0.15) is 6.42 Å². The van der Waals surface area contributed by atoms with Crippen LogP contribution in [-0.4, -0.2) is 11.5 Å². The highest BCUT2D eigenvalue weighted by atomic mass is 16.1. The molecule has 2 N–H and O–H groups in total. The molecule has 0 amide bonds. The van der Waals surface area contributed by atoms with Crippen LogP contribution < -0.4 is 10.9 Å². The standard InChI is InChI=1S/C13H14N2O/c1-2-3-8-14-12-9-10-6-4-5-7-11(10)13(16)15-12/h2,4-7,9H,1,3,8H2,(H2,14,15,16). The third-order valence-corrected chi connectivity index (χ3v) is 2.42. The number of rotatable bonds is 4. The van der Waals surface area contributed by atoms with Gasteiger partial charge in [-0.25, -0.2) is 0 Å². The molecular weight excluding hydrogens is 200 g/mol. The normalized spacial score (nSPS) is 10.2. The van der Waals surface area contributed by atoms with Gasteiger partial charge in [-0.3, -0.25) is 4.79 Å². The summed E-state index contributed by atoms with van der Waals surface area (Å²) in [5.74, 6) is 0.755. The van der Waals surface area contributed by atoms with E-state index in [1.54, 1.807) is 0 Å². The van der Waals surface area contributed by atoms with Gasteiger partial charge in [-0.15, -0.1) is 6.58 Å². The molecule has 0 radical (unpaired) electrons. The number of pyridine rings is 1. The fourth-order valence-corrected chi connectivity index (χ4v) is 1.62. The molecule has 2 rings (SSSR count). The monoisotopic (exact) mass is 214 g/mol. The second kappa shape index (κ2) is 4.66. The lowest BCUT2D eigenvalue weighted by Gasteiger charge is -2.05. The van der Waals surface area contributed by atoms with Crippen LogP contribution >= 0.6 is 0 Å². The van der Waals surface area contributed by atoms with E-state index in [1.165, 1.54) is 0 Å². The Morgan fingerprint density at radius 1 is 1.38 bits per heavy atom. The van der Waals surface area contributed by atoms with Gasteiger partial charge in [0, 0.05) is 11.9 Å². The van der Waals surface area contributed by atoms with E-state index in [1.807, 2.05) is 36.4 Å². The molecule has 0 bridgehead atoms. The van der Waals surface area contributed by atoms with Crippen molar-refractivity contribution in [3.63, 3.8) is 0 Å².